The molecule has 1 aliphatic rings. The number of hydrogen-bond acceptors (Lipinski definition) is 5. The molecule has 120 valence electrons. The summed E-state index contributed by atoms with van der Waals surface area (Å²) >= 11 is 0. The van der Waals surface area contributed by atoms with Crippen molar-refractivity contribution in [3.05, 3.63) is 11.4 Å². The molecule has 2 atom stereocenters. The lowest BCUT2D eigenvalue weighted by atomic mass is 10.2. The number of hydrogen-bond donors (Lipinski definition) is 2. The molecule has 1 aromatic heterocycles. The number of rotatable bonds is 6. The van der Waals surface area contributed by atoms with Gasteiger partial charge in [-0.2, -0.15) is 5.10 Å². The van der Waals surface area contributed by atoms with Gasteiger partial charge in [0.1, 0.15) is 4.90 Å². The first-order chi connectivity index (χ1) is 9.86. The van der Waals surface area contributed by atoms with Crippen molar-refractivity contribution in [3.8, 4) is 0 Å². The summed E-state index contributed by atoms with van der Waals surface area (Å²) < 4.78 is 35.1. The van der Waals surface area contributed by atoms with Crippen molar-refractivity contribution >= 4 is 10.0 Å². The fourth-order valence-corrected chi connectivity index (χ4v) is 4.40. The Labute approximate surface area is 126 Å². The van der Waals surface area contributed by atoms with E-state index in [0.29, 0.717) is 31.0 Å². The van der Waals surface area contributed by atoms with Gasteiger partial charge in [0.05, 0.1) is 30.1 Å². The topological polar surface area (TPSA) is 85.2 Å². The lowest BCUT2D eigenvalue weighted by Gasteiger charge is -2.16. The molecule has 0 aliphatic carbocycles. The highest BCUT2D eigenvalue weighted by molar-refractivity contribution is 7.89. The van der Waals surface area contributed by atoms with Crippen molar-refractivity contribution in [2.75, 3.05) is 20.2 Å². The lowest BCUT2D eigenvalue weighted by Crippen LogP contribution is -2.39. The van der Waals surface area contributed by atoms with Gasteiger partial charge in [-0.1, -0.05) is 0 Å². The minimum atomic E-state index is -3.58. The van der Waals surface area contributed by atoms with E-state index in [2.05, 4.69) is 15.1 Å². The molecular weight excluding hydrogens is 292 g/mol. The zero-order valence-electron chi connectivity index (χ0n) is 13.0. The molecule has 21 heavy (non-hydrogen) atoms. The average molecular weight is 316 g/mol. The zero-order chi connectivity index (χ0) is 15.6. The summed E-state index contributed by atoms with van der Waals surface area (Å²) in [7, 11) is -1.72. The van der Waals surface area contributed by atoms with Gasteiger partial charge in [-0.3, -0.25) is 4.68 Å². The molecule has 8 heteroatoms. The smallest absolute Gasteiger partial charge is 0.244 e. The fourth-order valence-electron chi connectivity index (χ4n) is 2.65. The van der Waals surface area contributed by atoms with E-state index in [4.69, 9.17) is 4.74 Å². The van der Waals surface area contributed by atoms with E-state index in [1.54, 1.807) is 18.5 Å². The molecule has 1 fully saturated rings. The van der Waals surface area contributed by atoms with Gasteiger partial charge in [0.25, 0.3) is 0 Å². The standard InChI is InChI=1S/C13H24N4O3S/c1-9-13(10(2)17(15-9)7-6-14-4)21(18,19)16-12-5-8-20-11(12)3/h11-12,14,16H,5-8H2,1-4H3. The summed E-state index contributed by atoms with van der Waals surface area (Å²) in [5, 5.41) is 7.37. The van der Waals surface area contributed by atoms with Gasteiger partial charge in [-0.25, -0.2) is 13.1 Å². The van der Waals surface area contributed by atoms with Crippen molar-refractivity contribution in [2.45, 2.75) is 50.8 Å². The Morgan fingerprint density at radius 1 is 1.43 bits per heavy atom. The molecule has 0 radical (unpaired) electrons. The third-order valence-corrected chi connectivity index (χ3v) is 5.58. The number of nitrogens with zero attached hydrogens (tertiary/aromatic N) is 2. The van der Waals surface area contributed by atoms with Gasteiger partial charge >= 0.3 is 0 Å². The average Bonchev–Trinajstić information content (AvgIpc) is 2.91. The summed E-state index contributed by atoms with van der Waals surface area (Å²) in [5.74, 6) is 0. The predicted octanol–water partition coefficient (Wildman–Crippen LogP) is 0.175. The summed E-state index contributed by atoms with van der Waals surface area (Å²) in [4.78, 5) is 0.290. The van der Waals surface area contributed by atoms with Crippen LogP contribution in [-0.4, -0.2) is 50.5 Å². The third kappa shape index (κ3) is 3.45. The van der Waals surface area contributed by atoms with Crippen molar-refractivity contribution in [3.63, 3.8) is 0 Å². The van der Waals surface area contributed by atoms with E-state index in [9.17, 15) is 8.42 Å². The number of aromatic nitrogens is 2. The lowest BCUT2D eigenvalue weighted by molar-refractivity contribution is 0.117. The molecule has 0 saturated carbocycles. The second-order valence-electron chi connectivity index (χ2n) is 5.42. The van der Waals surface area contributed by atoms with Crippen LogP contribution in [0.15, 0.2) is 4.90 Å². The summed E-state index contributed by atoms with van der Waals surface area (Å²) in [6, 6.07) is -0.172. The quantitative estimate of drug-likeness (QED) is 0.782. The minimum absolute atomic E-state index is 0.0975. The maximum absolute atomic E-state index is 12.6. The highest BCUT2D eigenvalue weighted by Crippen LogP contribution is 2.22. The zero-order valence-corrected chi connectivity index (χ0v) is 13.8. The van der Waals surface area contributed by atoms with E-state index in [-0.39, 0.29) is 17.0 Å². The summed E-state index contributed by atoms with van der Waals surface area (Å²) in [6.07, 6.45) is 0.603. The highest BCUT2D eigenvalue weighted by Gasteiger charge is 2.32. The molecule has 2 N–H and O–H groups in total. The van der Waals surface area contributed by atoms with Gasteiger partial charge in [-0.05, 0) is 34.2 Å². The van der Waals surface area contributed by atoms with Gasteiger partial charge in [0.2, 0.25) is 10.0 Å². The van der Waals surface area contributed by atoms with Gasteiger partial charge in [0.15, 0.2) is 0 Å². The highest BCUT2D eigenvalue weighted by atomic mass is 32.2. The largest absolute Gasteiger partial charge is 0.377 e. The monoisotopic (exact) mass is 316 g/mol. The molecule has 1 aliphatic heterocycles. The first-order valence-corrected chi connectivity index (χ1v) is 8.67. The summed E-state index contributed by atoms with van der Waals surface area (Å²) in [6.45, 7) is 7.37. The fraction of sp³-hybridized carbons (Fsp3) is 0.769. The van der Waals surface area contributed by atoms with Crippen LogP contribution in [0.3, 0.4) is 0 Å². The Morgan fingerprint density at radius 3 is 2.71 bits per heavy atom. The molecule has 2 heterocycles. The SMILES string of the molecule is CNCCn1nc(C)c(S(=O)(=O)NC2CCOC2C)c1C. The number of likely N-dealkylation sites (N-methyl/N-ethyl adjacent to an activating group) is 1. The molecule has 2 unspecified atom stereocenters. The van der Waals surface area contributed by atoms with Crippen LogP contribution in [0.2, 0.25) is 0 Å². The Balaban J connectivity index is 2.25. The number of aryl methyl sites for hydroxylation is 1. The van der Waals surface area contributed by atoms with Gasteiger partial charge in [-0.15, -0.1) is 0 Å². The Bertz CT molecular complexity index is 597. The van der Waals surface area contributed by atoms with Gasteiger partial charge < -0.3 is 10.1 Å². The van der Waals surface area contributed by atoms with Crippen molar-refractivity contribution < 1.29 is 13.2 Å². The number of sulfonamides is 1. The number of ether oxygens (including phenoxy) is 1. The van der Waals surface area contributed by atoms with E-state index in [1.165, 1.54) is 0 Å². The molecule has 2 rings (SSSR count). The second-order valence-corrected chi connectivity index (χ2v) is 7.07. The van der Waals surface area contributed by atoms with Crippen LogP contribution in [0.25, 0.3) is 0 Å². The van der Waals surface area contributed by atoms with E-state index < -0.39 is 10.0 Å². The van der Waals surface area contributed by atoms with Crippen molar-refractivity contribution in [2.24, 2.45) is 0 Å². The first-order valence-electron chi connectivity index (χ1n) is 7.19. The first kappa shape index (κ1) is 16.4. The van der Waals surface area contributed by atoms with E-state index >= 15 is 0 Å². The van der Waals surface area contributed by atoms with Crippen LogP contribution in [0.4, 0.5) is 0 Å². The predicted molar refractivity (Wildman–Crippen MR) is 79.8 cm³/mol. The number of nitrogens with one attached hydrogen (secondary N) is 2. The van der Waals surface area contributed by atoms with Crippen LogP contribution in [0.1, 0.15) is 24.7 Å². The van der Waals surface area contributed by atoms with Crippen molar-refractivity contribution in [1.82, 2.24) is 19.8 Å². The van der Waals surface area contributed by atoms with Crippen LogP contribution >= 0.6 is 0 Å². The molecule has 1 aromatic rings. The van der Waals surface area contributed by atoms with Crippen LogP contribution in [0, 0.1) is 13.8 Å². The van der Waals surface area contributed by atoms with Gasteiger partial charge in [0, 0.05) is 13.2 Å². The Morgan fingerprint density at radius 2 is 2.14 bits per heavy atom. The molecule has 1 saturated heterocycles. The molecular formula is C13H24N4O3S. The van der Waals surface area contributed by atoms with Crippen LogP contribution in [0.5, 0.6) is 0 Å². The molecule has 7 nitrogen and oxygen atoms in total. The normalized spacial score (nSPS) is 22.9. The third-order valence-electron chi connectivity index (χ3n) is 3.84. The van der Waals surface area contributed by atoms with Crippen LogP contribution in [-0.2, 0) is 21.3 Å². The van der Waals surface area contributed by atoms with Crippen molar-refractivity contribution in [1.29, 1.82) is 0 Å². The second kappa shape index (κ2) is 6.43. The minimum Gasteiger partial charge on any atom is -0.377 e. The Hall–Kier alpha value is -0.960. The Kier molecular flexibility index (Phi) is 5.03. The maximum atomic E-state index is 12.6. The summed E-state index contributed by atoms with van der Waals surface area (Å²) in [5.41, 5.74) is 1.20. The molecule has 0 spiro atoms. The maximum Gasteiger partial charge on any atom is 0.244 e. The van der Waals surface area contributed by atoms with Crippen LogP contribution < -0.4 is 10.0 Å². The molecule has 0 bridgehead atoms. The molecule has 0 aromatic carbocycles. The van der Waals surface area contributed by atoms with E-state index in [1.807, 2.05) is 14.0 Å². The van der Waals surface area contributed by atoms with E-state index in [0.717, 1.165) is 6.54 Å². The molecule has 0 amide bonds.